The first-order valence-electron chi connectivity index (χ1n) is 5.86. The van der Waals surface area contributed by atoms with Crippen LogP contribution in [0.2, 0.25) is 0 Å². The molecule has 0 saturated carbocycles. The fourth-order valence-electron chi connectivity index (χ4n) is 1.69. The third-order valence-electron chi connectivity index (χ3n) is 2.66. The van der Waals surface area contributed by atoms with Crippen molar-refractivity contribution < 1.29 is 23.8 Å². The quantitative estimate of drug-likeness (QED) is 0.901. The van der Waals surface area contributed by atoms with E-state index in [1.54, 1.807) is 0 Å². The molecular weight excluding hydrogens is 279 g/mol. The molecule has 2 aromatic rings. The lowest BCUT2D eigenvalue weighted by molar-refractivity contribution is 0.0691. The molecule has 1 heterocycles. The van der Waals surface area contributed by atoms with Gasteiger partial charge < -0.3 is 15.2 Å². The van der Waals surface area contributed by atoms with E-state index in [1.807, 2.05) is 0 Å². The van der Waals surface area contributed by atoms with Crippen LogP contribution in [0, 0.1) is 5.82 Å². The minimum absolute atomic E-state index is 0.0349. The molecule has 0 aliphatic carbocycles. The predicted octanol–water partition coefficient (Wildman–Crippen LogP) is 2.18. The van der Waals surface area contributed by atoms with Crippen LogP contribution in [0.25, 0.3) is 0 Å². The molecule has 0 saturated heterocycles. The van der Waals surface area contributed by atoms with Gasteiger partial charge in [-0.15, -0.1) is 0 Å². The first-order valence-corrected chi connectivity index (χ1v) is 5.86. The number of anilines is 1. The van der Waals surface area contributed by atoms with E-state index in [9.17, 15) is 14.0 Å². The fraction of sp³-hybridized carbons (Fsp3) is 0.0714. The Morgan fingerprint density at radius 2 is 2.10 bits per heavy atom. The minimum Gasteiger partial charge on any atom is -0.494 e. The smallest absolute Gasteiger partial charge is 0.338 e. The average molecular weight is 290 g/mol. The number of pyridine rings is 1. The highest BCUT2D eigenvalue weighted by Gasteiger charge is 2.18. The normalized spacial score (nSPS) is 10.0. The van der Waals surface area contributed by atoms with Gasteiger partial charge in [0, 0.05) is 18.0 Å². The number of amides is 1. The summed E-state index contributed by atoms with van der Waals surface area (Å²) in [5, 5.41) is 11.5. The minimum atomic E-state index is -1.26. The van der Waals surface area contributed by atoms with Gasteiger partial charge >= 0.3 is 5.97 Å². The van der Waals surface area contributed by atoms with Crippen molar-refractivity contribution in [3.05, 3.63) is 53.6 Å². The van der Waals surface area contributed by atoms with Gasteiger partial charge in [-0.05, 0) is 24.3 Å². The van der Waals surface area contributed by atoms with Crippen LogP contribution in [0.15, 0.2) is 36.5 Å². The van der Waals surface area contributed by atoms with Gasteiger partial charge in [0.05, 0.1) is 12.7 Å². The van der Waals surface area contributed by atoms with E-state index >= 15 is 0 Å². The summed E-state index contributed by atoms with van der Waals surface area (Å²) in [7, 11) is 1.30. The molecule has 21 heavy (non-hydrogen) atoms. The van der Waals surface area contributed by atoms with Crippen LogP contribution in [0.5, 0.6) is 5.75 Å². The van der Waals surface area contributed by atoms with Crippen molar-refractivity contribution in [1.29, 1.82) is 0 Å². The number of nitrogens with zero attached hydrogens (tertiary/aromatic N) is 1. The summed E-state index contributed by atoms with van der Waals surface area (Å²) in [5.41, 5.74) is -0.183. The molecule has 108 valence electrons. The number of benzene rings is 1. The monoisotopic (exact) mass is 290 g/mol. The van der Waals surface area contributed by atoms with Crippen LogP contribution in [0.1, 0.15) is 20.8 Å². The highest BCUT2D eigenvalue weighted by molar-refractivity contribution is 6.09. The van der Waals surface area contributed by atoms with Crippen molar-refractivity contribution in [3.63, 3.8) is 0 Å². The largest absolute Gasteiger partial charge is 0.494 e. The zero-order valence-corrected chi connectivity index (χ0v) is 11.0. The molecule has 0 atom stereocenters. The number of aromatic carboxylic acids is 1. The third-order valence-corrected chi connectivity index (χ3v) is 2.66. The molecule has 6 nitrogen and oxygen atoms in total. The van der Waals surface area contributed by atoms with Gasteiger partial charge in [-0.3, -0.25) is 9.78 Å². The van der Waals surface area contributed by atoms with E-state index in [4.69, 9.17) is 9.84 Å². The Hall–Kier alpha value is -2.96. The molecule has 0 fully saturated rings. The highest BCUT2D eigenvalue weighted by atomic mass is 19.1. The maximum atomic E-state index is 13.3. The lowest BCUT2D eigenvalue weighted by Gasteiger charge is -2.08. The molecule has 7 heteroatoms. The van der Waals surface area contributed by atoms with Crippen molar-refractivity contribution in [3.8, 4) is 5.75 Å². The number of ether oxygens (including phenoxy) is 1. The van der Waals surface area contributed by atoms with E-state index in [0.29, 0.717) is 0 Å². The molecule has 1 amide bonds. The van der Waals surface area contributed by atoms with E-state index in [2.05, 4.69) is 10.3 Å². The molecule has 0 unspecified atom stereocenters. The molecule has 0 spiro atoms. The Labute approximate surface area is 119 Å². The van der Waals surface area contributed by atoms with Crippen LogP contribution < -0.4 is 10.1 Å². The Bertz CT molecular complexity index is 703. The van der Waals surface area contributed by atoms with Crippen LogP contribution in [0.3, 0.4) is 0 Å². The second-order valence-corrected chi connectivity index (χ2v) is 4.01. The van der Waals surface area contributed by atoms with E-state index < -0.39 is 17.7 Å². The molecule has 2 rings (SSSR count). The Morgan fingerprint density at radius 1 is 1.33 bits per heavy atom. The lowest BCUT2D eigenvalue weighted by Crippen LogP contribution is -2.18. The Kier molecular flexibility index (Phi) is 4.13. The maximum Gasteiger partial charge on any atom is 0.338 e. The Morgan fingerprint density at radius 3 is 2.76 bits per heavy atom. The SMILES string of the molecule is COc1cc(NC(=O)c2ncccc2C(=O)O)ccc1F. The molecule has 1 aromatic heterocycles. The third kappa shape index (κ3) is 3.14. The molecule has 2 N–H and O–H groups in total. The fourth-order valence-corrected chi connectivity index (χ4v) is 1.69. The van der Waals surface area contributed by atoms with Crippen molar-refractivity contribution in [1.82, 2.24) is 4.98 Å². The standard InChI is InChI=1S/C14H11FN2O4/c1-21-11-7-8(4-5-10(11)15)17-13(18)12-9(14(19)20)3-2-6-16-12/h2-7H,1H3,(H,17,18)(H,19,20). The Balaban J connectivity index is 2.28. The van der Waals surface area contributed by atoms with Gasteiger partial charge in [0.2, 0.25) is 0 Å². The van der Waals surface area contributed by atoms with Gasteiger partial charge in [0.25, 0.3) is 5.91 Å². The topological polar surface area (TPSA) is 88.5 Å². The van der Waals surface area contributed by atoms with Crippen molar-refractivity contribution in [2.24, 2.45) is 0 Å². The van der Waals surface area contributed by atoms with Gasteiger partial charge in [-0.1, -0.05) is 0 Å². The summed E-state index contributed by atoms with van der Waals surface area (Å²) in [5.74, 6) is -2.57. The summed E-state index contributed by atoms with van der Waals surface area (Å²) >= 11 is 0. The average Bonchev–Trinajstić information content (AvgIpc) is 2.49. The zero-order valence-electron chi connectivity index (χ0n) is 11.0. The first kappa shape index (κ1) is 14.4. The number of rotatable bonds is 4. The number of hydrogen-bond donors (Lipinski definition) is 2. The summed E-state index contributed by atoms with van der Waals surface area (Å²) in [6.45, 7) is 0. The maximum absolute atomic E-state index is 13.3. The van der Waals surface area contributed by atoms with E-state index in [0.717, 1.165) is 6.07 Å². The number of carbonyl (C=O) groups excluding carboxylic acids is 1. The summed E-state index contributed by atoms with van der Waals surface area (Å²) < 4.78 is 18.1. The molecule has 0 aliphatic rings. The first-order chi connectivity index (χ1) is 10.0. The van der Waals surface area contributed by atoms with Gasteiger partial charge in [0.15, 0.2) is 11.6 Å². The van der Waals surface area contributed by atoms with E-state index in [-0.39, 0.29) is 22.7 Å². The number of methoxy groups -OCH3 is 1. The highest BCUT2D eigenvalue weighted by Crippen LogP contribution is 2.22. The molecule has 1 aromatic carbocycles. The number of aromatic nitrogens is 1. The number of hydrogen-bond acceptors (Lipinski definition) is 4. The van der Waals surface area contributed by atoms with Crippen LogP contribution in [-0.2, 0) is 0 Å². The summed E-state index contributed by atoms with van der Waals surface area (Å²) in [6, 6.07) is 6.44. The van der Waals surface area contributed by atoms with Gasteiger partial charge in [-0.2, -0.15) is 0 Å². The number of carboxylic acid groups (broad SMARTS) is 1. The molecule has 0 radical (unpaired) electrons. The zero-order chi connectivity index (χ0) is 15.4. The van der Waals surface area contributed by atoms with Crippen LogP contribution in [-0.4, -0.2) is 29.1 Å². The summed E-state index contributed by atoms with van der Waals surface area (Å²) in [4.78, 5) is 26.8. The number of carbonyl (C=O) groups is 2. The predicted molar refractivity (Wildman–Crippen MR) is 72.1 cm³/mol. The lowest BCUT2D eigenvalue weighted by atomic mass is 10.2. The summed E-state index contributed by atoms with van der Waals surface area (Å²) in [6.07, 6.45) is 1.31. The number of halogens is 1. The molecular formula is C14H11FN2O4. The van der Waals surface area contributed by atoms with Crippen LogP contribution in [0.4, 0.5) is 10.1 Å². The van der Waals surface area contributed by atoms with Crippen LogP contribution >= 0.6 is 0 Å². The van der Waals surface area contributed by atoms with Gasteiger partial charge in [0.1, 0.15) is 5.69 Å². The van der Waals surface area contributed by atoms with Crippen molar-refractivity contribution >= 4 is 17.6 Å². The second-order valence-electron chi connectivity index (χ2n) is 4.01. The number of nitrogens with one attached hydrogen (secondary N) is 1. The van der Waals surface area contributed by atoms with Crippen molar-refractivity contribution in [2.75, 3.05) is 12.4 Å². The second kappa shape index (κ2) is 6.00. The molecule has 0 bridgehead atoms. The van der Waals surface area contributed by atoms with Crippen molar-refractivity contribution in [2.45, 2.75) is 0 Å². The number of carboxylic acids is 1. The van der Waals surface area contributed by atoms with E-state index in [1.165, 1.54) is 37.6 Å². The molecule has 0 aliphatic heterocycles. The van der Waals surface area contributed by atoms with Gasteiger partial charge in [-0.25, -0.2) is 9.18 Å².